The molecule has 0 saturated carbocycles. The molecule has 0 radical (unpaired) electrons. The van der Waals surface area contributed by atoms with E-state index in [9.17, 15) is 0 Å². The monoisotopic (exact) mass is 271 g/mol. The van der Waals surface area contributed by atoms with Crippen LogP contribution in [0.15, 0.2) is 16.6 Å². The van der Waals surface area contributed by atoms with E-state index < -0.39 is 0 Å². The van der Waals surface area contributed by atoms with Crippen molar-refractivity contribution in [2.24, 2.45) is 0 Å². The van der Waals surface area contributed by atoms with Crippen LogP contribution >= 0.6 is 15.9 Å². The molecule has 0 spiro atoms. The number of halogens is 1. The molecular weight excluding hydrogens is 262 g/mol. The number of methoxy groups -OCH3 is 1. The first-order valence-electron chi connectivity index (χ1n) is 4.24. The Hall–Kier alpha value is -1.25. The van der Waals surface area contributed by atoms with E-state index in [2.05, 4.69) is 15.9 Å². The summed E-state index contributed by atoms with van der Waals surface area (Å²) < 4.78 is 10.9. The Balaban J connectivity index is 3.05. The summed E-state index contributed by atoms with van der Waals surface area (Å²) in [7, 11) is 1.50. The Labute approximate surface area is 96.2 Å². The summed E-state index contributed by atoms with van der Waals surface area (Å²) in [5.41, 5.74) is 0.475. The van der Waals surface area contributed by atoms with Crippen molar-refractivity contribution in [2.75, 3.05) is 20.3 Å². The summed E-state index contributed by atoms with van der Waals surface area (Å²) in [4.78, 5) is 0. The molecule has 0 aliphatic heterocycles. The molecule has 5 heteroatoms. The van der Waals surface area contributed by atoms with Crippen molar-refractivity contribution in [1.29, 1.82) is 5.26 Å². The van der Waals surface area contributed by atoms with Gasteiger partial charge in [-0.25, -0.2) is 0 Å². The van der Waals surface area contributed by atoms with Crippen molar-refractivity contribution in [3.8, 4) is 17.6 Å². The summed E-state index contributed by atoms with van der Waals surface area (Å²) in [5, 5.41) is 17.4. The van der Waals surface area contributed by atoms with Crippen LogP contribution in [0.3, 0.4) is 0 Å². The summed E-state index contributed by atoms with van der Waals surface area (Å²) in [6.45, 7) is 0.121. The minimum absolute atomic E-state index is 0.0687. The number of aliphatic hydroxyl groups excluding tert-OH is 1. The lowest BCUT2D eigenvalue weighted by Crippen LogP contribution is -2.03. The fourth-order valence-electron chi connectivity index (χ4n) is 1.05. The van der Waals surface area contributed by atoms with Crippen LogP contribution in [0, 0.1) is 11.3 Å². The third kappa shape index (κ3) is 2.85. The molecule has 1 rings (SSSR count). The van der Waals surface area contributed by atoms with E-state index in [1.807, 2.05) is 6.07 Å². The number of ether oxygens (including phenoxy) is 2. The molecule has 1 aromatic carbocycles. The summed E-state index contributed by atoms with van der Waals surface area (Å²) >= 11 is 3.24. The standard InChI is InChI=1S/C10H10BrNO3/c1-14-9-4-7(6-12)8(11)5-10(9)15-3-2-13/h4-5,13H,2-3H2,1H3. The zero-order valence-electron chi connectivity index (χ0n) is 8.16. The lowest BCUT2D eigenvalue weighted by Gasteiger charge is -2.10. The van der Waals surface area contributed by atoms with Gasteiger partial charge in [0.2, 0.25) is 0 Å². The van der Waals surface area contributed by atoms with E-state index >= 15 is 0 Å². The number of hydrogen-bond donors (Lipinski definition) is 1. The van der Waals surface area contributed by atoms with Crippen molar-refractivity contribution < 1.29 is 14.6 Å². The summed E-state index contributed by atoms with van der Waals surface area (Å²) in [6.07, 6.45) is 0. The Bertz CT molecular complexity index is 387. The SMILES string of the molecule is COc1cc(C#N)c(Br)cc1OCCO. The molecule has 0 saturated heterocycles. The average molecular weight is 272 g/mol. The molecule has 0 aliphatic rings. The average Bonchev–Trinajstić information content (AvgIpc) is 2.26. The van der Waals surface area contributed by atoms with Crippen LogP contribution in [0.2, 0.25) is 0 Å². The molecule has 0 amide bonds. The van der Waals surface area contributed by atoms with E-state index in [0.29, 0.717) is 21.5 Å². The normalized spacial score (nSPS) is 9.47. The smallest absolute Gasteiger partial charge is 0.162 e. The number of aliphatic hydroxyl groups is 1. The number of rotatable bonds is 4. The van der Waals surface area contributed by atoms with Crippen LogP contribution in [0.25, 0.3) is 0 Å². The lowest BCUT2D eigenvalue weighted by molar-refractivity contribution is 0.196. The number of nitrogens with zero attached hydrogens (tertiary/aromatic N) is 1. The van der Waals surface area contributed by atoms with Crippen molar-refractivity contribution in [1.82, 2.24) is 0 Å². The quantitative estimate of drug-likeness (QED) is 0.906. The predicted molar refractivity (Wildman–Crippen MR) is 58.0 cm³/mol. The zero-order valence-corrected chi connectivity index (χ0v) is 9.74. The molecule has 0 unspecified atom stereocenters. The molecule has 0 aromatic heterocycles. The molecule has 0 aliphatic carbocycles. The van der Waals surface area contributed by atoms with Gasteiger partial charge in [0.25, 0.3) is 0 Å². The van der Waals surface area contributed by atoms with Crippen LogP contribution < -0.4 is 9.47 Å². The molecule has 1 aromatic rings. The second kappa shape index (κ2) is 5.59. The minimum Gasteiger partial charge on any atom is -0.493 e. The molecule has 15 heavy (non-hydrogen) atoms. The van der Waals surface area contributed by atoms with Crippen molar-refractivity contribution in [3.05, 3.63) is 22.2 Å². The van der Waals surface area contributed by atoms with Gasteiger partial charge in [0.1, 0.15) is 12.7 Å². The molecule has 80 valence electrons. The summed E-state index contributed by atoms with van der Waals surface area (Å²) in [5.74, 6) is 0.973. The molecule has 1 N–H and O–H groups in total. The van der Waals surface area contributed by atoms with Gasteiger partial charge in [-0.05, 0) is 22.0 Å². The van der Waals surface area contributed by atoms with Crippen LogP contribution in [-0.4, -0.2) is 25.4 Å². The Morgan fingerprint density at radius 3 is 2.73 bits per heavy atom. The van der Waals surface area contributed by atoms with Gasteiger partial charge in [-0.2, -0.15) is 5.26 Å². The number of benzene rings is 1. The second-order valence-corrected chi connectivity index (χ2v) is 3.52. The first kappa shape index (κ1) is 11.8. The van der Waals surface area contributed by atoms with Crippen LogP contribution in [0.4, 0.5) is 0 Å². The van der Waals surface area contributed by atoms with E-state index in [-0.39, 0.29) is 13.2 Å². The van der Waals surface area contributed by atoms with Crippen molar-refractivity contribution in [3.63, 3.8) is 0 Å². The number of nitriles is 1. The van der Waals surface area contributed by atoms with E-state index in [1.54, 1.807) is 12.1 Å². The maximum atomic E-state index is 8.79. The largest absolute Gasteiger partial charge is 0.493 e. The zero-order chi connectivity index (χ0) is 11.3. The molecule has 0 heterocycles. The van der Waals surface area contributed by atoms with Gasteiger partial charge in [-0.15, -0.1) is 0 Å². The first-order chi connectivity index (χ1) is 7.22. The van der Waals surface area contributed by atoms with Gasteiger partial charge in [0.15, 0.2) is 11.5 Å². The Kier molecular flexibility index (Phi) is 4.40. The fourth-order valence-corrected chi connectivity index (χ4v) is 1.46. The van der Waals surface area contributed by atoms with Gasteiger partial charge in [-0.1, -0.05) is 0 Å². The van der Waals surface area contributed by atoms with Gasteiger partial charge in [0, 0.05) is 10.5 Å². The van der Waals surface area contributed by atoms with Gasteiger partial charge in [-0.3, -0.25) is 0 Å². The van der Waals surface area contributed by atoms with Crippen LogP contribution in [0.1, 0.15) is 5.56 Å². The highest BCUT2D eigenvalue weighted by molar-refractivity contribution is 9.10. The van der Waals surface area contributed by atoms with Gasteiger partial charge >= 0.3 is 0 Å². The second-order valence-electron chi connectivity index (χ2n) is 2.67. The van der Waals surface area contributed by atoms with Crippen molar-refractivity contribution in [2.45, 2.75) is 0 Å². The Morgan fingerprint density at radius 2 is 2.20 bits per heavy atom. The van der Waals surface area contributed by atoms with Crippen LogP contribution in [0.5, 0.6) is 11.5 Å². The molecule has 0 atom stereocenters. The third-order valence-electron chi connectivity index (χ3n) is 1.72. The van der Waals surface area contributed by atoms with E-state index in [4.69, 9.17) is 19.8 Å². The minimum atomic E-state index is -0.0687. The molecular formula is C10H10BrNO3. The van der Waals surface area contributed by atoms with E-state index in [1.165, 1.54) is 7.11 Å². The predicted octanol–water partition coefficient (Wildman–Crippen LogP) is 1.70. The van der Waals surface area contributed by atoms with E-state index in [0.717, 1.165) is 0 Å². The highest BCUT2D eigenvalue weighted by atomic mass is 79.9. The lowest BCUT2D eigenvalue weighted by atomic mass is 10.2. The third-order valence-corrected chi connectivity index (χ3v) is 2.38. The topological polar surface area (TPSA) is 62.5 Å². The molecule has 4 nitrogen and oxygen atoms in total. The highest BCUT2D eigenvalue weighted by Crippen LogP contribution is 2.33. The number of hydrogen-bond acceptors (Lipinski definition) is 4. The highest BCUT2D eigenvalue weighted by Gasteiger charge is 2.09. The Morgan fingerprint density at radius 1 is 1.47 bits per heavy atom. The first-order valence-corrected chi connectivity index (χ1v) is 5.03. The van der Waals surface area contributed by atoms with Crippen molar-refractivity contribution >= 4 is 15.9 Å². The summed E-state index contributed by atoms with van der Waals surface area (Å²) in [6, 6.07) is 5.25. The maximum absolute atomic E-state index is 8.79. The molecule has 0 bridgehead atoms. The fraction of sp³-hybridized carbons (Fsp3) is 0.300. The van der Waals surface area contributed by atoms with Gasteiger partial charge < -0.3 is 14.6 Å². The van der Waals surface area contributed by atoms with Crippen LogP contribution in [-0.2, 0) is 0 Å². The van der Waals surface area contributed by atoms with Gasteiger partial charge in [0.05, 0.1) is 19.3 Å². The molecule has 0 fully saturated rings. The maximum Gasteiger partial charge on any atom is 0.162 e.